The standard InChI is InChI=1S/C53H69N3O15/c1-35(2)28-44(56-53(67)41(32-49(62)63)31-48(61)45(54-36(3)57)29-37-17-20-42(58)21-18-37)47(60)30-40(19-23-50(64)70-33-38-12-7-5-8-13-38)52(66)55-43(46(59)16-11-25-69-27-26-68-4)22-24-51(65)71-34-39-14-9-6-10-15-39/h5-10,12-15,17-18,20-21,35,40-41,43-45,58H,11,16,19,22-34H2,1-4H3,(H,54,57)(H,55,66)(H,56,67)(H,62,63)/t40-,41+,43-,44-,45+/m1/s1. The first-order valence-electron chi connectivity index (χ1n) is 23.8. The van der Waals surface area contributed by atoms with Gasteiger partial charge in [0.15, 0.2) is 17.3 Å². The molecule has 0 aliphatic rings. The molecule has 0 aromatic heterocycles. The number of rotatable bonds is 35. The normalized spacial score (nSPS) is 13.1. The quantitative estimate of drug-likeness (QED) is 0.0377. The highest BCUT2D eigenvalue weighted by Crippen LogP contribution is 2.21. The molecule has 0 bridgehead atoms. The lowest BCUT2D eigenvalue weighted by Gasteiger charge is -2.26. The molecule has 0 aliphatic heterocycles. The third kappa shape index (κ3) is 24.1. The molecule has 3 aromatic rings. The molecule has 5 atom stereocenters. The van der Waals surface area contributed by atoms with Gasteiger partial charge in [-0.25, -0.2) is 0 Å². The molecular weight excluding hydrogens is 919 g/mol. The van der Waals surface area contributed by atoms with Crippen molar-refractivity contribution >= 4 is 53.0 Å². The Morgan fingerprint density at radius 2 is 1.10 bits per heavy atom. The lowest BCUT2D eigenvalue weighted by molar-refractivity contribution is -0.147. The van der Waals surface area contributed by atoms with Crippen LogP contribution in [-0.2, 0) is 81.7 Å². The van der Waals surface area contributed by atoms with E-state index in [9.17, 15) is 53.4 Å². The van der Waals surface area contributed by atoms with Crippen molar-refractivity contribution in [2.45, 2.75) is 123 Å². The molecule has 18 nitrogen and oxygen atoms in total. The Morgan fingerprint density at radius 3 is 1.65 bits per heavy atom. The van der Waals surface area contributed by atoms with Gasteiger partial charge in [-0.05, 0) is 66.8 Å². The molecule has 0 saturated heterocycles. The van der Waals surface area contributed by atoms with Gasteiger partial charge in [-0.1, -0.05) is 86.6 Å². The first-order chi connectivity index (χ1) is 33.9. The van der Waals surface area contributed by atoms with Crippen LogP contribution in [0.15, 0.2) is 84.9 Å². The number of ether oxygens (including phenoxy) is 4. The Balaban J connectivity index is 1.87. The topological polar surface area (TPSA) is 267 Å². The molecule has 0 fully saturated rings. The van der Waals surface area contributed by atoms with E-state index in [4.69, 9.17) is 18.9 Å². The number of nitrogens with one attached hydrogen (secondary N) is 3. The van der Waals surface area contributed by atoms with Crippen LogP contribution in [0.5, 0.6) is 5.75 Å². The number of aliphatic carboxylic acids is 1. The van der Waals surface area contributed by atoms with Crippen molar-refractivity contribution in [2.24, 2.45) is 17.8 Å². The number of hydrogen-bond donors (Lipinski definition) is 5. The Morgan fingerprint density at radius 1 is 0.563 bits per heavy atom. The van der Waals surface area contributed by atoms with Crippen molar-refractivity contribution in [1.82, 2.24) is 16.0 Å². The second-order valence-electron chi connectivity index (χ2n) is 17.8. The highest BCUT2D eigenvalue weighted by molar-refractivity contribution is 5.97. The van der Waals surface area contributed by atoms with Crippen molar-refractivity contribution in [3.8, 4) is 5.75 Å². The van der Waals surface area contributed by atoms with Crippen LogP contribution in [0.1, 0.15) is 102 Å². The van der Waals surface area contributed by atoms with Crippen LogP contribution < -0.4 is 16.0 Å². The summed E-state index contributed by atoms with van der Waals surface area (Å²) in [6.07, 6.45) is -2.59. The highest BCUT2D eigenvalue weighted by atomic mass is 16.5. The summed E-state index contributed by atoms with van der Waals surface area (Å²) in [5.74, 6) is -9.62. The predicted molar refractivity (Wildman–Crippen MR) is 259 cm³/mol. The minimum atomic E-state index is -1.48. The number of carbonyl (C=O) groups excluding carboxylic acids is 8. The second kappa shape index (κ2) is 32.2. The van der Waals surface area contributed by atoms with Crippen molar-refractivity contribution in [3.05, 3.63) is 102 Å². The third-order valence-corrected chi connectivity index (χ3v) is 11.3. The molecule has 3 aromatic carbocycles. The molecule has 18 heteroatoms. The van der Waals surface area contributed by atoms with E-state index in [0.29, 0.717) is 25.2 Å². The third-order valence-electron chi connectivity index (χ3n) is 11.3. The molecule has 0 heterocycles. The smallest absolute Gasteiger partial charge is 0.306 e. The molecule has 0 saturated carbocycles. The number of aromatic hydroxyl groups is 1. The average Bonchev–Trinajstić information content (AvgIpc) is 3.33. The molecule has 386 valence electrons. The second-order valence-corrected chi connectivity index (χ2v) is 17.8. The largest absolute Gasteiger partial charge is 0.508 e. The number of esters is 2. The lowest BCUT2D eigenvalue weighted by atomic mass is 9.88. The van der Waals surface area contributed by atoms with Crippen LogP contribution in [0.4, 0.5) is 0 Å². The molecule has 71 heavy (non-hydrogen) atoms. The number of phenolic OH excluding ortho intramolecular Hbond substituents is 1. The van der Waals surface area contributed by atoms with E-state index in [2.05, 4.69) is 16.0 Å². The maximum atomic E-state index is 14.4. The van der Waals surface area contributed by atoms with E-state index in [0.717, 1.165) is 11.1 Å². The van der Waals surface area contributed by atoms with Crippen molar-refractivity contribution in [3.63, 3.8) is 0 Å². The van der Waals surface area contributed by atoms with E-state index in [1.807, 2.05) is 6.07 Å². The van der Waals surface area contributed by atoms with Crippen molar-refractivity contribution in [2.75, 3.05) is 26.9 Å². The molecule has 0 unspecified atom stereocenters. The zero-order valence-electron chi connectivity index (χ0n) is 41.1. The number of benzene rings is 3. The Hall–Kier alpha value is -6.79. The lowest BCUT2D eigenvalue weighted by Crippen LogP contribution is -2.48. The Kier molecular flexibility index (Phi) is 26.5. The van der Waals surface area contributed by atoms with Crippen molar-refractivity contribution in [1.29, 1.82) is 0 Å². The van der Waals surface area contributed by atoms with Crippen LogP contribution in [-0.4, -0.2) is 108 Å². The fourth-order valence-corrected chi connectivity index (χ4v) is 7.50. The first-order valence-corrected chi connectivity index (χ1v) is 23.8. The molecular formula is C53H69N3O15. The van der Waals surface area contributed by atoms with Crippen LogP contribution in [0.2, 0.25) is 0 Å². The minimum Gasteiger partial charge on any atom is -0.508 e. The number of carboxylic acid groups (broad SMARTS) is 1. The van der Waals surface area contributed by atoms with Gasteiger partial charge in [0.2, 0.25) is 17.7 Å². The van der Waals surface area contributed by atoms with E-state index in [1.165, 1.54) is 26.2 Å². The van der Waals surface area contributed by atoms with Gasteiger partial charge in [-0.3, -0.25) is 43.2 Å². The number of Topliss-reactive ketones (excluding diaryl/α,β-unsaturated/α-hetero) is 3. The number of phenols is 1. The zero-order chi connectivity index (χ0) is 52.1. The van der Waals surface area contributed by atoms with Crippen LogP contribution in [0.3, 0.4) is 0 Å². The summed E-state index contributed by atoms with van der Waals surface area (Å²) < 4.78 is 21.4. The minimum absolute atomic E-state index is 0.00588. The predicted octanol–water partition coefficient (Wildman–Crippen LogP) is 5.14. The van der Waals surface area contributed by atoms with Crippen LogP contribution in [0.25, 0.3) is 0 Å². The van der Waals surface area contributed by atoms with Gasteiger partial charge in [0, 0.05) is 58.7 Å². The van der Waals surface area contributed by atoms with Gasteiger partial charge in [0.25, 0.3) is 0 Å². The fourth-order valence-electron chi connectivity index (χ4n) is 7.50. The number of ketones is 3. The summed E-state index contributed by atoms with van der Waals surface area (Å²) >= 11 is 0. The van der Waals surface area contributed by atoms with Crippen molar-refractivity contribution < 1.29 is 72.3 Å². The molecule has 3 rings (SSSR count). The Bertz CT molecular complexity index is 2180. The van der Waals surface area contributed by atoms with E-state index in [1.54, 1.807) is 80.6 Å². The van der Waals surface area contributed by atoms with Gasteiger partial charge in [-0.15, -0.1) is 0 Å². The summed E-state index contributed by atoms with van der Waals surface area (Å²) in [4.78, 5) is 120. The molecule has 3 amide bonds. The van der Waals surface area contributed by atoms with Crippen LogP contribution in [0, 0.1) is 17.8 Å². The summed E-state index contributed by atoms with van der Waals surface area (Å²) in [7, 11) is 1.53. The zero-order valence-corrected chi connectivity index (χ0v) is 41.1. The first kappa shape index (κ1) is 58.5. The molecule has 0 radical (unpaired) electrons. The number of carbonyl (C=O) groups is 9. The van der Waals surface area contributed by atoms with Gasteiger partial charge < -0.3 is 45.1 Å². The highest BCUT2D eigenvalue weighted by Gasteiger charge is 2.35. The molecule has 5 N–H and O–H groups in total. The van der Waals surface area contributed by atoms with Gasteiger partial charge in [-0.2, -0.15) is 0 Å². The molecule has 0 aliphatic carbocycles. The Labute approximate surface area is 414 Å². The fraction of sp³-hybridized carbons (Fsp3) is 0.491. The van der Waals surface area contributed by atoms with E-state index < -0.39 is 102 Å². The summed E-state index contributed by atoms with van der Waals surface area (Å²) in [6.45, 7) is 5.58. The number of methoxy groups -OCH3 is 1. The van der Waals surface area contributed by atoms with E-state index in [-0.39, 0.29) is 76.4 Å². The summed E-state index contributed by atoms with van der Waals surface area (Å²) in [6, 6.07) is 20.1. The summed E-state index contributed by atoms with van der Waals surface area (Å²) in [5, 5.41) is 27.4. The SMILES string of the molecule is COCCOCCCC(=O)[C@@H](CCC(=O)OCc1ccccc1)NC(=O)[C@H](CCC(=O)OCc1ccccc1)CC(=O)[C@@H](CC(C)C)NC(=O)[C@H](CC(=O)O)CC(=O)[C@H](Cc1ccc(O)cc1)NC(C)=O. The van der Waals surface area contributed by atoms with Gasteiger partial charge in [0.1, 0.15) is 19.0 Å². The van der Waals surface area contributed by atoms with Gasteiger partial charge in [0.05, 0.1) is 43.7 Å². The number of hydrogen-bond acceptors (Lipinski definition) is 14. The molecule has 0 spiro atoms. The monoisotopic (exact) mass is 987 g/mol. The number of carboxylic acids is 1. The van der Waals surface area contributed by atoms with Crippen LogP contribution >= 0.6 is 0 Å². The van der Waals surface area contributed by atoms with E-state index >= 15 is 0 Å². The maximum absolute atomic E-state index is 14.4. The average molecular weight is 988 g/mol. The van der Waals surface area contributed by atoms with Gasteiger partial charge >= 0.3 is 17.9 Å². The summed E-state index contributed by atoms with van der Waals surface area (Å²) in [5.41, 5.74) is 2.04. The maximum Gasteiger partial charge on any atom is 0.306 e. The number of amides is 3.